The largest absolute Gasteiger partial charge is 0.310 e. The molecule has 0 amide bonds. The van der Waals surface area contributed by atoms with E-state index in [2.05, 4.69) is 32.2 Å². The van der Waals surface area contributed by atoms with Gasteiger partial charge in [-0.05, 0) is 54.5 Å². The van der Waals surface area contributed by atoms with Crippen molar-refractivity contribution in [2.45, 2.75) is 52.0 Å². The molecule has 94 valence electrons. The summed E-state index contributed by atoms with van der Waals surface area (Å²) in [6.07, 6.45) is 2.31. The van der Waals surface area contributed by atoms with Crippen LogP contribution in [0.3, 0.4) is 0 Å². The molecule has 0 spiro atoms. The standard InChI is InChI=1S/C15H22FN/c1-10-8-11(13-6-5-7-17-13)9-12(16)14(10)15(2,3)4/h8-9,13,17H,5-7H2,1-4H3. The van der Waals surface area contributed by atoms with Gasteiger partial charge in [-0.2, -0.15) is 0 Å². The Hall–Kier alpha value is -0.890. The van der Waals surface area contributed by atoms with Crippen LogP contribution in [0.4, 0.5) is 4.39 Å². The Balaban J connectivity index is 2.41. The first kappa shape index (κ1) is 12.6. The molecular weight excluding hydrogens is 213 g/mol. The van der Waals surface area contributed by atoms with Crippen LogP contribution in [0.2, 0.25) is 0 Å². The Labute approximate surface area is 103 Å². The highest BCUT2D eigenvalue weighted by atomic mass is 19.1. The van der Waals surface area contributed by atoms with Gasteiger partial charge in [0.1, 0.15) is 5.82 Å². The van der Waals surface area contributed by atoms with E-state index in [1.54, 1.807) is 6.07 Å². The molecule has 17 heavy (non-hydrogen) atoms. The van der Waals surface area contributed by atoms with E-state index in [0.717, 1.165) is 29.7 Å². The van der Waals surface area contributed by atoms with Crippen LogP contribution in [0.15, 0.2) is 12.1 Å². The van der Waals surface area contributed by atoms with E-state index in [0.29, 0.717) is 6.04 Å². The number of hydrogen-bond donors (Lipinski definition) is 1. The van der Waals surface area contributed by atoms with Crippen LogP contribution in [0.1, 0.15) is 56.3 Å². The van der Waals surface area contributed by atoms with Gasteiger partial charge < -0.3 is 5.32 Å². The van der Waals surface area contributed by atoms with E-state index < -0.39 is 0 Å². The molecule has 1 saturated heterocycles. The number of aryl methyl sites for hydroxylation is 1. The van der Waals surface area contributed by atoms with Gasteiger partial charge in [0.2, 0.25) is 0 Å². The van der Waals surface area contributed by atoms with Crippen LogP contribution in [0.5, 0.6) is 0 Å². The van der Waals surface area contributed by atoms with E-state index in [1.165, 1.54) is 6.42 Å². The number of hydrogen-bond acceptors (Lipinski definition) is 1. The van der Waals surface area contributed by atoms with Gasteiger partial charge in [-0.15, -0.1) is 0 Å². The Morgan fingerprint density at radius 2 is 2.00 bits per heavy atom. The average molecular weight is 235 g/mol. The molecule has 0 saturated carbocycles. The van der Waals surface area contributed by atoms with Crippen molar-refractivity contribution in [3.05, 3.63) is 34.6 Å². The predicted molar refractivity (Wildman–Crippen MR) is 69.8 cm³/mol. The Morgan fingerprint density at radius 3 is 2.47 bits per heavy atom. The summed E-state index contributed by atoms with van der Waals surface area (Å²) in [5.74, 6) is -0.0544. The average Bonchev–Trinajstić information content (AvgIpc) is 2.66. The maximum absolute atomic E-state index is 14.2. The SMILES string of the molecule is Cc1cc(C2CCCN2)cc(F)c1C(C)(C)C. The molecule has 1 atom stereocenters. The molecule has 2 rings (SSSR count). The van der Waals surface area contributed by atoms with Crippen molar-refractivity contribution >= 4 is 0 Å². The fraction of sp³-hybridized carbons (Fsp3) is 0.600. The van der Waals surface area contributed by atoms with Crippen molar-refractivity contribution in [3.63, 3.8) is 0 Å². The maximum Gasteiger partial charge on any atom is 0.127 e. The van der Waals surface area contributed by atoms with Gasteiger partial charge in [0, 0.05) is 6.04 Å². The molecular formula is C15H22FN. The highest BCUT2D eigenvalue weighted by molar-refractivity contribution is 5.38. The fourth-order valence-corrected chi connectivity index (χ4v) is 2.89. The van der Waals surface area contributed by atoms with Crippen LogP contribution < -0.4 is 5.32 Å². The monoisotopic (exact) mass is 235 g/mol. The predicted octanol–water partition coefficient (Wildman–Crippen LogP) is 3.86. The number of benzene rings is 1. The summed E-state index contributed by atoms with van der Waals surface area (Å²) in [5.41, 5.74) is 2.89. The summed E-state index contributed by atoms with van der Waals surface area (Å²) in [5, 5.41) is 3.42. The molecule has 1 nitrogen and oxygen atoms in total. The summed E-state index contributed by atoms with van der Waals surface area (Å²) in [6.45, 7) is 9.25. The third-order valence-electron chi connectivity index (χ3n) is 3.52. The number of nitrogens with one attached hydrogen (secondary N) is 1. The molecule has 1 N–H and O–H groups in total. The lowest BCUT2D eigenvalue weighted by atomic mass is 9.82. The van der Waals surface area contributed by atoms with Gasteiger partial charge in [0.15, 0.2) is 0 Å². The molecule has 0 aliphatic carbocycles. The number of halogens is 1. The lowest BCUT2D eigenvalue weighted by Gasteiger charge is -2.24. The van der Waals surface area contributed by atoms with Crippen LogP contribution in [0, 0.1) is 12.7 Å². The van der Waals surface area contributed by atoms with Crippen molar-refractivity contribution in [2.75, 3.05) is 6.54 Å². The van der Waals surface area contributed by atoms with Gasteiger partial charge in [-0.25, -0.2) is 4.39 Å². The molecule has 1 heterocycles. The minimum Gasteiger partial charge on any atom is -0.310 e. The van der Waals surface area contributed by atoms with Gasteiger partial charge in [0.25, 0.3) is 0 Å². The third-order valence-corrected chi connectivity index (χ3v) is 3.52. The molecule has 0 radical (unpaired) electrons. The molecule has 1 aliphatic heterocycles. The first-order chi connectivity index (χ1) is 7.89. The first-order valence-corrected chi connectivity index (χ1v) is 6.43. The lowest BCUT2D eigenvalue weighted by molar-refractivity contribution is 0.514. The fourth-order valence-electron chi connectivity index (χ4n) is 2.89. The summed E-state index contributed by atoms with van der Waals surface area (Å²) in [4.78, 5) is 0. The molecule has 2 heteroatoms. The van der Waals surface area contributed by atoms with Gasteiger partial charge in [-0.1, -0.05) is 26.8 Å². The molecule has 1 aromatic rings. The molecule has 0 bridgehead atoms. The van der Waals surface area contributed by atoms with Crippen LogP contribution >= 0.6 is 0 Å². The maximum atomic E-state index is 14.2. The molecule has 1 aliphatic rings. The topological polar surface area (TPSA) is 12.0 Å². The van der Waals surface area contributed by atoms with Crippen molar-refractivity contribution in [1.82, 2.24) is 5.32 Å². The second-order valence-electron chi connectivity index (χ2n) is 6.09. The summed E-state index contributed by atoms with van der Waals surface area (Å²) in [7, 11) is 0. The van der Waals surface area contributed by atoms with E-state index in [9.17, 15) is 4.39 Å². The Kier molecular flexibility index (Phi) is 3.26. The Morgan fingerprint density at radius 1 is 1.29 bits per heavy atom. The molecule has 1 fully saturated rings. The smallest absolute Gasteiger partial charge is 0.127 e. The molecule has 0 aromatic heterocycles. The van der Waals surface area contributed by atoms with E-state index in [1.807, 2.05) is 6.92 Å². The third kappa shape index (κ3) is 2.52. The second-order valence-corrected chi connectivity index (χ2v) is 6.09. The van der Waals surface area contributed by atoms with Crippen LogP contribution in [0.25, 0.3) is 0 Å². The molecule has 1 aromatic carbocycles. The number of rotatable bonds is 1. The van der Waals surface area contributed by atoms with Crippen LogP contribution in [-0.4, -0.2) is 6.54 Å². The zero-order valence-electron chi connectivity index (χ0n) is 11.2. The van der Waals surface area contributed by atoms with Gasteiger partial charge in [-0.3, -0.25) is 0 Å². The lowest BCUT2D eigenvalue weighted by Crippen LogP contribution is -2.18. The second kappa shape index (κ2) is 4.41. The Bertz CT molecular complexity index is 388. The quantitative estimate of drug-likeness (QED) is 0.779. The van der Waals surface area contributed by atoms with Gasteiger partial charge in [0.05, 0.1) is 0 Å². The van der Waals surface area contributed by atoms with Crippen molar-refractivity contribution in [3.8, 4) is 0 Å². The van der Waals surface area contributed by atoms with E-state index in [-0.39, 0.29) is 11.2 Å². The summed E-state index contributed by atoms with van der Waals surface area (Å²) in [6, 6.07) is 4.21. The summed E-state index contributed by atoms with van der Waals surface area (Å²) < 4.78 is 14.2. The van der Waals surface area contributed by atoms with Gasteiger partial charge >= 0.3 is 0 Å². The zero-order chi connectivity index (χ0) is 12.6. The minimum absolute atomic E-state index is 0.0544. The minimum atomic E-state index is -0.129. The van der Waals surface area contributed by atoms with Crippen molar-refractivity contribution in [1.29, 1.82) is 0 Å². The van der Waals surface area contributed by atoms with Crippen molar-refractivity contribution < 1.29 is 4.39 Å². The zero-order valence-corrected chi connectivity index (χ0v) is 11.2. The van der Waals surface area contributed by atoms with Crippen molar-refractivity contribution in [2.24, 2.45) is 0 Å². The highest BCUT2D eigenvalue weighted by Gasteiger charge is 2.24. The summed E-state index contributed by atoms with van der Waals surface area (Å²) >= 11 is 0. The first-order valence-electron chi connectivity index (χ1n) is 6.43. The highest BCUT2D eigenvalue weighted by Crippen LogP contribution is 2.32. The van der Waals surface area contributed by atoms with E-state index in [4.69, 9.17) is 0 Å². The van der Waals surface area contributed by atoms with Crippen LogP contribution in [-0.2, 0) is 5.41 Å². The van der Waals surface area contributed by atoms with E-state index >= 15 is 0 Å². The normalized spacial score (nSPS) is 20.9. The molecule has 1 unspecified atom stereocenters.